The summed E-state index contributed by atoms with van der Waals surface area (Å²) >= 11 is 0. The standard InChI is InChI=1S/C11H12N4O3S/c1-7-8(2)13-14-11(12-7)15-19(17,18)10-5-3-4-9(16)6-10/h3-6,16H,1-2H3,(H,12,14,15). The van der Waals surface area contributed by atoms with E-state index in [1.165, 1.54) is 18.2 Å². The summed E-state index contributed by atoms with van der Waals surface area (Å²) in [5.74, 6) is -0.242. The quantitative estimate of drug-likeness (QED) is 0.868. The molecule has 19 heavy (non-hydrogen) atoms. The Balaban J connectivity index is 2.33. The van der Waals surface area contributed by atoms with Gasteiger partial charge in [0.15, 0.2) is 0 Å². The molecule has 2 N–H and O–H groups in total. The van der Waals surface area contributed by atoms with E-state index in [0.29, 0.717) is 11.4 Å². The SMILES string of the molecule is Cc1nnc(NS(=O)(=O)c2cccc(O)c2)nc1C. The number of anilines is 1. The Bertz CT molecular complexity index is 716. The van der Waals surface area contributed by atoms with Crippen molar-refractivity contribution >= 4 is 16.0 Å². The van der Waals surface area contributed by atoms with Crippen LogP contribution in [0.1, 0.15) is 11.4 Å². The summed E-state index contributed by atoms with van der Waals surface area (Å²) in [7, 11) is -3.84. The van der Waals surface area contributed by atoms with Crippen LogP contribution in [-0.2, 0) is 10.0 Å². The summed E-state index contributed by atoms with van der Waals surface area (Å²) in [6, 6.07) is 5.31. The van der Waals surface area contributed by atoms with Crippen molar-refractivity contribution in [1.29, 1.82) is 0 Å². The lowest BCUT2D eigenvalue weighted by molar-refractivity contribution is 0.473. The molecule has 8 heteroatoms. The highest BCUT2D eigenvalue weighted by Crippen LogP contribution is 2.17. The normalized spacial score (nSPS) is 11.3. The summed E-state index contributed by atoms with van der Waals surface area (Å²) < 4.78 is 26.2. The number of aryl methyl sites for hydroxylation is 2. The smallest absolute Gasteiger partial charge is 0.264 e. The van der Waals surface area contributed by atoms with Crippen molar-refractivity contribution in [2.75, 3.05) is 4.72 Å². The number of rotatable bonds is 3. The highest BCUT2D eigenvalue weighted by atomic mass is 32.2. The molecule has 0 aliphatic heterocycles. The van der Waals surface area contributed by atoms with E-state index in [1.54, 1.807) is 13.8 Å². The van der Waals surface area contributed by atoms with Crippen LogP contribution in [0, 0.1) is 13.8 Å². The molecule has 2 rings (SSSR count). The summed E-state index contributed by atoms with van der Waals surface area (Å²) in [4.78, 5) is 3.90. The van der Waals surface area contributed by atoms with Crippen molar-refractivity contribution in [3.05, 3.63) is 35.7 Å². The van der Waals surface area contributed by atoms with E-state index in [-0.39, 0.29) is 16.6 Å². The number of nitrogens with one attached hydrogen (secondary N) is 1. The highest BCUT2D eigenvalue weighted by Gasteiger charge is 2.16. The van der Waals surface area contributed by atoms with Crippen molar-refractivity contribution < 1.29 is 13.5 Å². The van der Waals surface area contributed by atoms with Crippen LogP contribution in [0.25, 0.3) is 0 Å². The van der Waals surface area contributed by atoms with Gasteiger partial charge in [-0.25, -0.2) is 18.1 Å². The number of hydrogen-bond acceptors (Lipinski definition) is 6. The van der Waals surface area contributed by atoms with Crippen LogP contribution < -0.4 is 4.72 Å². The molecule has 0 aliphatic rings. The summed E-state index contributed by atoms with van der Waals surface area (Å²) in [6.45, 7) is 3.43. The van der Waals surface area contributed by atoms with Gasteiger partial charge in [0.25, 0.3) is 16.0 Å². The van der Waals surface area contributed by atoms with Gasteiger partial charge in [-0.3, -0.25) is 0 Å². The lowest BCUT2D eigenvalue weighted by Gasteiger charge is -2.07. The topological polar surface area (TPSA) is 105 Å². The zero-order chi connectivity index (χ0) is 14.0. The first-order valence-electron chi connectivity index (χ1n) is 5.38. The van der Waals surface area contributed by atoms with Crippen LogP contribution in [0.4, 0.5) is 5.95 Å². The van der Waals surface area contributed by atoms with Crippen molar-refractivity contribution in [2.45, 2.75) is 18.7 Å². The van der Waals surface area contributed by atoms with Gasteiger partial charge in [0.1, 0.15) is 5.75 Å². The monoisotopic (exact) mass is 280 g/mol. The van der Waals surface area contributed by atoms with Gasteiger partial charge in [0, 0.05) is 6.07 Å². The van der Waals surface area contributed by atoms with Crippen LogP contribution in [0.5, 0.6) is 5.75 Å². The van der Waals surface area contributed by atoms with Crippen molar-refractivity contribution in [2.24, 2.45) is 0 Å². The van der Waals surface area contributed by atoms with Crippen LogP contribution in [0.3, 0.4) is 0 Å². The maximum absolute atomic E-state index is 12.0. The fraction of sp³-hybridized carbons (Fsp3) is 0.182. The molecule has 0 radical (unpaired) electrons. The fourth-order valence-corrected chi connectivity index (χ4v) is 2.31. The molecule has 2 aromatic rings. The van der Waals surface area contributed by atoms with Crippen LogP contribution >= 0.6 is 0 Å². The first-order valence-corrected chi connectivity index (χ1v) is 6.86. The number of sulfonamides is 1. The van der Waals surface area contributed by atoms with E-state index in [4.69, 9.17) is 0 Å². The van der Waals surface area contributed by atoms with Gasteiger partial charge >= 0.3 is 0 Å². The molecule has 0 fully saturated rings. The number of nitrogens with zero attached hydrogens (tertiary/aromatic N) is 3. The molecule has 1 heterocycles. The van der Waals surface area contributed by atoms with Crippen LogP contribution in [0.15, 0.2) is 29.2 Å². The molecule has 0 aliphatic carbocycles. The number of phenolic OH excluding ortho intramolecular Hbond substituents is 1. The molecule has 0 atom stereocenters. The molecule has 0 saturated heterocycles. The second-order valence-electron chi connectivity index (χ2n) is 3.91. The number of phenols is 1. The molecule has 0 amide bonds. The first kappa shape index (κ1) is 13.2. The average molecular weight is 280 g/mol. The van der Waals surface area contributed by atoms with Crippen LogP contribution in [-0.4, -0.2) is 28.7 Å². The third kappa shape index (κ3) is 2.97. The van der Waals surface area contributed by atoms with E-state index in [2.05, 4.69) is 19.9 Å². The summed E-state index contributed by atoms with van der Waals surface area (Å²) in [6.07, 6.45) is 0. The summed E-state index contributed by atoms with van der Waals surface area (Å²) in [5.41, 5.74) is 1.21. The Labute approximate surface area is 110 Å². The van der Waals surface area contributed by atoms with Crippen molar-refractivity contribution in [1.82, 2.24) is 15.2 Å². The van der Waals surface area contributed by atoms with Gasteiger partial charge in [-0.1, -0.05) is 6.07 Å². The van der Waals surface area contributed by atoms with Gasteiger partial charge in [0.2, 0.25) is 0 Å². The zero-order valence-corrected chi connectivity index (χ0v) is 11.1. The molecular weight excluding hydrogens is 268 g/mol. The van der Waals surface area contributed by atoms with E-state index in [9.17, 15) is 13.5 Å². The lowest BCUT2D eigenvalue weighted by Crippen LogP contribution is -2.16. The minimum Gasteiger partial charge on any atom is -0.508 e. The molecule has 100 valence electrons. The molecule has 0 spiro atoms. The third-order valence-corrected chi connectivity index (χ3v) is 3.77. The maximum Gasteiger partial charge on any atom is 0.264 e. The van der Waals surface area contributed by atoms with Crippen molar-refractivity contribution in [3.8, 4) is 5.75 Å². The molecule has 7 nitrogen and oxygen atoms in total. The second kappa shape index (κ2) is 4.81. The Morgan fingerprint density at radius 2 is 1.89 bits per heavy atom. The molecule has 1 aromatic carbocycles. The third-order valence-electron chi connectivity index (χ3n) is 2.45. The number of hydrogen-bond donors (Lipinski definition) is 2. The van der Waals surface area contributed by atoms with E-state index in [1.807, 2.05) is 0 Å². The number of aromatic hydroxyl groups is 1. The van der Waals surface area contributed by atoms with E-state index in [0.717, 1.165) is 6.07 Å². The minimum absolute atomic E-state index is 0.0747. The van der Waals surface area contributed by atoms with Gasteiger partial charge in [-0.15, -0.1) is 5.10 Å². The minimum atomic E-state index is -3.84. The predicted molar refractivity (Wildman–Crippen MR) is 68.2 cm³/mol. The maximum atomic E-state index is 12.0. The Morgan fingerprint density at radius 1 is 1.16 bits per heavy atom. The van der Waals surface area contributed by atoms with E-state index < -0.39 is 10.0 Å². The molecule has 0 saturated carbocycles. The number of aromatic nitrogens is 3. The van der Waals surface area contributed by atoms with Gasteiger partial charge in [-0.2, -0.15) is 5.10 Å². The Hall–Kier alpha value is -2.22. The molecule has 1 aromatic heterocycles. The van der Waals surface area contributed by atoms with Gasteiger partial charge in [0.05, 0.1) is 16.3 Å². The Morgan fingerprint density at radius 3 is 2.53 bits per heavy atom. The zero-order valence-electron chi connectivity index (χ0n) is 10.3. The van der Waals surface area contributed by atoms with Crippen molar-refractivity contribution in [3.63, 3.8) is 0 Å². The highest BCUT2D eigenvalue weighted by molar-refractivity contribution is 7.92. The second-order valence-corrected chi connectivity index (χ2v) is 5.59. The molecular formula is C11H12N4O3S. The summed E-state index contributed by atoms with van der Waals surface area (Å²) in [5, 5.41) is 16.7. The van der Waals surface area contributed by atoms with Gasteiger partial charge < -0.3 is 5.11 Å². The number of benzene rings is 1. The first-order chi connectivity index (χ1) is 8.88. The lowest BCUT2D eigenvalue weighted by atomic mass is 10.3. The molecule has 0 unspecified atom stereocenters. The average Bonchev–Trinajstić information content (AvgIpc) is 2.33. The largest absolute Gasteiger partial charge is 0.508 e. The molecule has 0 bridgehead atoms. The van der Waals surface area contributed by atoms with E-state index >= 15 is 0 Å². The Kier molecular flexibility index (Phi) is 3.34. The fourth-order valence-electron chi connectivity index (χ4n) is 1.33. The predicted octanol–water partition coefficient (Wildman–Crippen LogP) is 0.995. The van der Waals surface area contributed by atoms with Crippen LogP contribution in [0.2, 0.25) is 0 Å². The van der Waals surface area contributed by atoms with Gasteiger partial charge in [-0.05, 0) is 26.0 Å².